The van der Waals surface area contributed by atoms with E-state index in [1.807, 2.05) is 0 Å². The molecule has 0 aromatic heterocycles. The van der Waals surface area contributed by atoms with Crippen LogP contribution in [-0.2, 0) is 17.9 Å². The highest BCUT2D eigenvalue weighted by Gasteiger charge is 2.28. The molecule has 0 aliphatic rings. The van der Waals surface area contributed by atoms with Gasteiger partial charge in [0.05, 0.1) is 5.69 Å². The number of carbonyl (C=O) groups excluding carboxylic acids is 1. The minimum atomic E-state index is -1.72. The average Bonchev–Trinajstić information content (AvgIpc) is 2.49. The van der Waals surface area contributed by atoms with Gasteiger partial charge >= 0.3 is 6.03 Å². The summed E-state index contributed by atoms with van der Waals surface area (Å²) in [6.07, 6.45) is 0. The van der Waals surface area contributed by atoms with Crippen LogP contribution in [0, 0.1) is 0 Å². The van der Waals surface area contributed by atoms with Gasteiger partial charge in [0, 0.05) is 11.0 Å². The molecule has 1 atom stereocenters. The van der Waals surface area contributed by atoms with Gasteiger partial charge in [-0.25, -0.2) is 4.79 Å². The van der Waals surface area contributed by atoms with Crippen molar-refractivity contribution < 1.29 is 9.35 Å². The number of nitrogens with two attached hydrogens (primary N) is 2. The van der Waals surface area contributed by atoms with Crippen LogP contribution in [0.1, 0.15) is 5.56 Å². The molecule has 0 saturated heterocycles. The number of hydrogen-bond acceptors (Lipinski definition) is 3. The lowest BCUT2D eigenvalue weighted by Crippen LogP contribution is -2.40. The van der Waals surface area contributed by atoms with Crippen LogP contribution in [0.2, 0.25) is 0 Å². The fourth-order valence-electron chi connectivity index (χ4n) is 1.73. The molecule has 110 valence electrons. The molecule has 2 aromatic carbocycles. The largest absolute Gasteiger partial charge is 0.587 e. The molecule has 21 heavy (non-hydrogen) atoms. The summed E-state index contributed by atoms with van der Waals surface area (Å²) in [6, 6.07) is 12.9. The maximum Gasteiger partial charge on any atom is 0.361 e. The van der Waals surface area contributed by atoms with Crippen molar-refractivity contribution in [2.45, 2.75) is 11.4 Å². The molecule has 2 aromatic rings. The van der Waals surface area contributed by atoms with Gasteiger partial charge in [0.2, 0.25) is 0 Å². The standard InChI is InChI=1S/C14H14BrN3O2S/c15-11-3-5-12(6-4-11)18(14(17)19)21(20)13-7-1-10(9-16)2-8-13/h1-8H,9,16H2,(H2,17,19). The zero-order chi connectivity index (χ0) is 15.4. The highest BCUT2D eigenvalue weighted by atomic mass is 79.9. The number of urea groups is 1. The number of carbonyl (C=O) groups is 1. The van der Waals surface area contributed by atoms with Crippen LogP contribution in [0.25, 0.3) is 0 Å². The molecule has 0 spiro atoms. The van der Waals surface area contributed by atoms with Crippen LogP contribution in [-0.4, -0.2) is 10.6 Å². The van der Waals surface area contributed by atoms with E-state index >= 15 is 0 Å². The maximum absolute atomic E-state index is 12.6. The van der Waals surface area contributed by atoms with Gasteiger partial charge in [-0.3, -0.25) is 0 Å². The molecule has 0 fully saturated rings. The van der Waals surface area contributed by atoms with Crippen LogP contribution in [0.4, 0.5) is 10.5 Å². The molecule has 2 rings (SSSR count). The van der Waals surface area contributed by atoms with E-state index in [1.165, 1.54) is 0 Å². The summed E-state index contributed by atoms with van der Waals surface area (Å²) < 4.78 is 14.5. The Hall–Kier alpha value is -1.54. The van der Waals surface area contributed by atoms with Gasteiger partial charge in [0.25, 0.3) is 0 Å². The summed E-state index contributed by atoms with van der Waals surface area (Å²) in [5, 5.41) is 0. The van der Waals surface area contributed by atoms with Gasteiger partial charge in [-0.1, -0.05) is 28.1 Å². The van der Waals surface area contributed by atoms with E-state index in [0.29, 0.717) is 17.1 Å². The SMILES string of the molecule is NCc1ccc([S+]([O-])N(C(N)=O)c2ccc(Br)cc2)cc1. The van der Waals surface area contributed by atoms with E-state index in [2.05, 4.69) is 15.9 Å². The second-order valence-electron chi connectivity index (χ2n) is 4.21. The third kappa shape index (κ3) is 3.76. The van der Waals surface area contributed by atoms with Crippen LogP contribution in [0.3, 0.4) is 0 Å². The van der Waals surface area contributed by atoms with Crippen LogP contribution < -0.4 is 15.8 Å². The molecule has 0 radical (unpaired) electrons. The summed E-state index contributed by atoms with van der Waals surface area (Å²) in [6.45, 7) is 0.402. The predicted molar refractivity (Wildman–Crippen MR) is 86.9 cm³/mol. The van der Waals surface area contributed by atoms with Gasteiger partial charge < -0.3 is 16.0 Å². The number of amides is 2. The van der Waals surface area contributed by atoms with Crippen molar-refractivity contribution in [3.05, 3.63) is 58.6 Å². The van der Waals surface area contributed by atoms with Gasteiger partial charge in [0.1, 0.15) is 11.4 Å². The van der Waals surface area contributed by atoms with Crippen molar-refractivity contribution in [1.29, 1.82) is 0 Å². The Morgan fingerprint density at radius 1 is 1.14 bits per heavy atom. The number of rotatable bonds is 4. The molecule has 7 heteroatoms. The van der Waals surface area contributed by atoms with Crippen LogP contribution in [0.5, 0.6) is 0 Å². The number of hydrogen-bond donors (Lipinski definition) is 2. The van der Waals surface area contributed by atoms with Crippen molar-refractivity contribution in [1.82, 2.24) is 0 Å². The summed E-state index contributed by atoms with van der Waals surface area (Å²) in [5.41, 5.74) is 12.3. The number of primary amides is 1. The van der Waals surface area contributed by atoms with Crippen molar-refractivity contribution in [2.75, 3.05) is 4.31 Å². The van der Waals surface area contributed by atoms with Crippen molar-refractivity contribution in [3.8, 4) is 0 Å². The number of nitrogens with zero attached hydrogens (tertiary/aromatic N) is 1. The highest BCUT2D eigenvalue weighted by molar-refractivity contribution is 9.10. The van der Waals surface area contributed by atoms with Crippen LogP contribution in [0.15, 0.2) is 57.9 Å². The fraction of sp³-hybridized carbons (Fsp3) is 0.0714. The number of anilines is 1. The quantitative estimate of drug-likeness (QED) is 0.812. The van der Waals surface area contributed by atoms with Gasteiger partial charge in [-0.2, -0.15) is 0 Å². The summed E-state index contributed by atoms with van der Waals surface area (Å²) >= 11 is 1.59. The maximum atomic E-state index is 12.6. The molecular weight excluding hydrogens is 354 g/mol. The van der Waals surface area contributed by atoms with E-state index < -0.39 is 17.4 Å². The van der Waals surface area contributed by atoms with Crippen molar-refractivity contribution in [2.24, 2.45) is 11.5 Å². The average molecular weight is 368 g/mol. The lowest BCUT2D eigenvalue weighted by atomic mass is 10.2. The molecule has 0 aliphatic carbocycles. The molecule has 0 saturated carbocycles. The first-order valence-electron chi connectivity index (χ1n) is 6.09. The van der Waals surface area contributed by atoms with Gasteiger partial charge in [-0.05, 0) is 42.0 Å². The first-order chi connectivity index (χ1) is 10.0. The first-order valence-corrected chi connectivity index (χ1v) is 7.99. The van der Waals surface area contributed by atoms with E-state index in [4.69, 9.17) is 11.5 Å². The molecule has 0 aliphatic heterocycles. The first kappa shape index (κ1) is 15.8. The summed E-state index contributed by atoms with van der Waals surface area (Å²) in [5.74, 6) is 0. The Balaban J connectivity index is 2.32. The Kier molecular flexibility index (Phi) is 5.24. The zero-order valence-corrected chi connectivity index (χ0v) is 13.4. The van der Waals surface area contributed by atoms with E-state index in [0.717, 1.165) is 14.3 Å². The molecule has 2 amide bonds. The molecule has 4 N–H and O–H groups in total. The lowest BCUT2D eigenvalue weighted by molar-refractivity contribution is 0.257. The molecular formula is C14H14BrN3O2S. The fourth-order valence-corrected chi connectivity index (χ4v) is 3.05. The third-order valence-corrected chi connectivity index (χ3v) is 4.71. The van der Waals surface area contributed by atoms with Gasteiger partial charge in [-0.15, -0.1) is 4.31 Å². The van der Waals surface area contributed by atoms with E-state index in [9.17, 15) is 9.35 Å². The Morgan fingerprint density at radius 3 is 2.19 bits per heavy atom. The monoisotopic (exact) mass is 367 g/mol. The minimum Gasteiger partial charge on any atom is -0.587 e. The smallest absolute Gasteiger partial charge is 0.361 e. The third-order valence-electron chi connectivity index (χ3n) is 2.79. The van der Waals surface area contributed by atoms with E-state index in [1.54, 1.807) is 48.5 Å². The molecule has 1 unspecified atom stereocenters. The van der Waals surface area contributed by atoms with Crippen molar-refractivity contribution in [3.63, 3.8) is 0 Å². The highest BCUT2D eigenvalue weighted by Crippen LogP contribution is 2.25. The number of halogens is 1. The molecule has 0 bridgehead atoms. The predicted octanol–water partition coefficient (Wildman–Crippen LogP) is 2.52. The van der Waals surface area contributed by atoms with Crippen molar-refractivity contribution >= 4 is 39.0 Å². The zero-order valence-electron chi connectivity index (χ0n) is 11.0. The Bertz CT molecular complexity index is 619. The second kappa shape index (κ2) is 6.95. The summed E-state index contributed by atoms with van der Waals surface area (Å²) in [4.78, 5) is 12.1. The molecule has 0 heterocycles. The second-order valence-corrected chi connectivity index (χ2v) is 6.46. The number of benzene rings is 2. The van der Waals surface area contributed by atoms with Gasteiger partial charge in [0.15, 0.2) is 4.90 Å². The summed E-state index contributed by atoms with van der Waals surface area (Å²) in [7, 11) is 0. The lowest BCUT2D eigenvalue weighted by Gasteiger charge is -2.22. The topological polar surface area (TPSA) is 95.4 Å². The Morgan fingerprint density at radius 2 is 1.71 bits per heavy atom. The minimum absolute atomic E-state index is 0.402. The normalized spacial score (nSPS) is 12.0. The van der Waals surface area contributed by atoms with E-state index in [-0.39, 0.29) is 0 Å². The van der Waals surface area contributed by atoms with Crippen LogP contribution >= 0.6 is 15.9 Å². The Labute approximate surface area is 134 Å². The molecule has 5 nitrogen and oxygen atoms in total.